The maximum absolute atomic E-state index is 10.3. The molecule has 0 aliphatic heterocycles. The fraction of sp³-hybridized carbons (Fsp3) is 0.441. The van der Waals surface area contributed by atoms with Gasteiger partial charge in [0.15, 0.2) is 11.9 Å². The zero-order valence-corrected chi connectivity index (χ0v) is 30.6. The number of allylic oxidation sites excluding steroid dienone is 12. The molecular weight excluding hydrogens is 658 g/mol. The Kier molecular flexibility index (Phi) is 37.9. The van der Waals surface area contributed by atoms with Crippen molar-refractivity contribution in [2.75, 3.05) is 28.2 Å². The lowest BCUT2D eigenvalue weighted by Crippen LogP contribution is -2.32. The summed E-state index contributed by atoms with van der Waals surface area (Å²) < 4.78 is 0. The predicted molar refractivity (Wildman–Crippen MR) is 207 cm³/mol. The summed E-state index contributed by atoms with van der Waals surface area (Å²) in [5, 5.41) is 38.6. The predicted octanol–water partition coefficient (Wildman–Crippen LogP) is 2.93. The molecule has 0 fully saturated rings. The van der Waals surface area contributed by atoms with Crippen molar-refractivity contribution in [2.24, 2.45) is 38.7 Å². The number of aliphatic imine (C=N–C) groups is 2. The van der Waals surface area contributed by atoms with Crippen LogP contribution in [0.15, 0.2) is 82.9 Å². The summed E-state index contributed by atoms with van der Waals surface area (Å²) in [6.45, 7) is 2.15. The quantitative estimate of drug-likeness (QED) is 0.0588. The highest BCUT2D eigenvalue weighted by molar-refractivity contribution is 5.92. The molecule has 0 aromatic heterocycles. The molecule has 0 heterocycles. The molecule has 0 aliphatic rings. The van der Waals surface area contributed by atoms with E-state index >= 15 is 0 Å². The Bertz CT molecular complexity index is 1190. The summed E-state index contributed by atoms with van der Waals surface area (Å²) >= 11 is 0. The van der Waals surface area contributed by atoms with Gasteiger partial charge in [-0.1, -0.05) is 79.8 Å². The summed E-state index contributed by atoms with van der Waals surface area (Å²) in [5.74, 6) is -3.32. The highest BCUT2D eigenvalue weighted by atomic mass is 16.4. The van der Waals surface area contributed by atoms with Crippen LogP contribution >= 0.6 is 0 Å². The van der Waals surface area contributed by atoms with E-state index in [4.69, 9.17) is 54.8 Å². The molecule has 0 aromatic carbocycles. The second kappa shape index (κ2) is 37.1. The number of guanidine groups is 4. The third-order valence-electron chi connectivity index (χ3n) is 5.15. The summed E-state index contributed by atoms with van der Waals surface area (Å²) in [5.41, 5.74) is 24.8. The van der Waals surface area contributed by atoms with E-state index in [-0.39, 0.29) is 30.3 Å². The number of nitrogens with two attached hydrogens (primary N) is 5. The molecule has 0 rings (SSSR count). The lowest BCUT2D eigenvalue weighted by atomic mass is 10.2. The molecule has 0 saturated carbocycles. The lowest BCUT2D eigenvalue weighted by molar-refractivity contribution is -0.144. The van der Waals surface area contributed by atoms with Crippen LogP contribution in [0.2, 0.25) is 0 Å². The zero-order chi connectivity index (χ0) is 40.0. The first-order chi connectivity index (χ1) is 23.9. The standard InChI is InChI=1S/C22H32O2.2C4H11N5.C4H7NO4/c1-2-3-4-5-6-7-8-9-10-11-12-13-14-15-16-17-18-19-20-21-22(23)24;2*1-9(2)4(7)8-3(5)6;5-2(4(8)9)1-3(6)7/h3-4,6-7,9-10,12-13,15-16,18-19H,2,5,8,11,14,17,20-21H2,1H3,(H,23,24);2*1-2H3,(H5,5,6,7,8);2H,1,5H2,(H,6,7)(H,8,9)/b4-3-,7-6-,10-9-,13-12-,16-15-,19-18-;;;. The second-order valence-corrected chi connectivity index (χ2v) is 10.4. The third-order valence-corrected chi connectivity index (χ3v) is 5.15. The summed E-state index contributed by atoms with van der Waals surface area (Å²) in [6, 6.07) is -1.29. The molecule has 17 nitrogen and oxygen atoms in total. The summed E-state index contributed by atoms with van der Waals surface area (Å²) in [4.78, 5) is 39.8. The number of rotatable bonds is 17. The van der Waals surface area contributed by atoms with E-state index in [1.165, 1.54) is 9.80 Å². The number of nitrogens with zero attached hydrogens (tertiary/aromatic N) is 4. The minimum Gasteiger partial charge on any atom is -0.481 e. The minimum absolute atomic E-state index is 0.0509. The Morgan fingerprint density at radius 2 is 0.922 bits per heavy atom. The zero-order valence-electron chi connectivity index (χ0n) is 30.6. The average Bonchev–Trinajstić information content (AvgIpc) is 3.02. The van der Waals surface area contributed by atoms with E-state index in [0.29, 0.717) is 6.42 Å². The maximum atomic E-state index is 10.3. The maximum Gasteiger partial charge on any atom is 0.321 e. The van der Waals surface area contributed by atoms with Crippen LogP contribution in [-0.2, 0) is 14.4 Å². The Morgan fingerprint density at radius 1 is 0.608 bits per heavy atom. The summed E-state index contributed by atoms with van der Waals surface area (Å²) in [7, 11) is 6.76. The first-order valence-electron chi connectivity index (χ1n) is 15.9. The Balaban J connectivity index is -0.000000334. The van der Waals surface area contributed by atoms with Gasteiger partial charge in [-0.25, -0.2) is 0 Å². The highest BCUT2D eigenvalue weighted by Crippen LogP contribution is 1.97. The van der Waals surface area contributed by atoms with Gasteiger partial charge in [0.1, 0.15) is 6.04 Å². The van der Waals surface area contributed by atoms with Gasteiger partial charge in [0.05, 0.1) is 6.42 Å². The Labute approximate surface area is 302 Å². The van der Waals surface area contributed by atoms with Crippen molar-refractivity contribution in [3.8, 4) is 0 Å². The smallest absolute Gasteiger partial charge is 0.321 e. The molecule has 0 saturated heterocycles. The van der Waals surface area contributed by atoms with Crippen molar-refractivity contribution in [1.82, 2.24) is 9.80 Å². The van der Waals surface area contributed by atoms with Crippen molar-refractivity contribution in [1.29, 1.82) is 10.8 Å². The van der Waals surface area contributed by atoms with Crippen molar-refractivity contribution >= 4 is 41.7 Å². The topological polar surface area (TPSA) is 321 Å². The van der Waals surface area contributed by atoms with Gasteiger partial charge in [-0.15, -0.1) is 0 Å². The van der Waals surface area contributed by atoms with Crippen LogP contribution in [0, 0.1) is 10.8 Å². The second-order valence-electron chi connectivity index (χ2n) is 10.4. The van der Waals surface area contributed by atoms with E-state index in [2.05, 4.69) is 77.7 Å². The first kappa shape index (κ1) is 52.1. The number of carboxylic acids is 3. The van der Waals surface area contributed by atoms with Crippen LogP contribution in [0.3, 0.4) is 0 Å². The third kappa shape index (κ3) is 51.3. The van der Waals surface area contributed by atoms with Crippen LogP contribution in [0.5, 0.6) is 0 Å². The largest absolute Gasteiger partial charge is 0.481 e. The number of carboxylic acid groups (broad SMARTS) is 3. The van der Waals surface area contributed by atoms with E-state index < -0.39 is 30.4 Å². The number of hydrogen-bond acceptors (Lipinski definition) is 6. The van der Waals surface area contributed by atoms with Crippen LogP contribution in [-0.4, -0.2) is 101 Å². The lowest BCUT2D eigenvalue weighted by Gasteiger charge is -2.07. The van der Waals surface area contributed by atoms with Crippen LogP contribution in [0.25, 0.3) is 0 Å². The van der Waals surface area contributed by atoms with Gasteiger partial charge in [0.25, 0.3) is 0 Å². The fourth-order valence-corrected chi connectivity index (χ4v) is 2.57. The van der Waals surface area contributed by atoms with Gasteiger partial charge in [-0.3, -0.25) is 25.2 Å². The van der Waals surface area contributed by atoms with E-state index in [1.807, 2.05) is 12.2 Å². The molecule has 0 aromatic rings. The molecule has 15 N–H and O–H groups in total. The molecule has 0 bridgehead atoms. The van der Waals surface area contributed by atoms with Gasteiger partial charge in [-0.05, 0) is 44.9 Å². The molecule has 0 aliphatic carbocycles. The SMILES string of the molecule is CC/C=C\C/C=C\C/C=C\C/C=C\C/C=C\C/C=C\CCC(=O)O.CN(C)C(=N)N=C(N)N.CN(C)C(=N)N=C(N)N.NC(CC(=O)O)C(=O)O. The molecule has 1 atom stereocenters. The molecule has 1 unspecified atom stereocenters. The fourth-order valence-electron chi connectivity index (χ4n) is 2.57. The molecule has 288 valence electrons. The van der Waals surface area contributed by atoms with Gasteiger partial charge in [-0.2, -0.15) is 9.98 Å². The van der Waals surface area contributed by atoms with Crippen LogP contribution in [0.4, 0.5) is 0 Å². The van der Waals surface area contributed by atoms with Gasteiger partial charge in [0, 0.05) is 34.6 Å². The molecule has 0 amide bonds. The Morgan fingerprint density at radius 3 is 1.12 bits per heavy atom. The molecular formula is C34H61N11O6. The molecule has 0 spiro atoms. The molecule has 17 heteroatoms. The number of aliphatic carboxylic acids is 3. The molecule has 0 radical (unpaired) electrons. The highest BCUT2D eigenvalue weighted by Gasteiger charge is 2.14. The van der Waals surface area contributed by atoms with Gasteiger partial charge >= 0.3 is 17.9 Å². The number of carbonyl (C=O) groups is 3. The first-order valence-corrected chi connectivity index (χ1v) is 15.9. The van der Waals surface area contributed by atoms with Gasteiger partial charge < -0.3 is 53.8 Å². The van der Waals surface area contributed by atoms with Crippen molar-refractivity contribution < 1.29 is 29.7 Å². The molecule has 51 heavy (non-hydrogen) atoms. The van der Waals surface area contributed by atoms with Crippen molar-refractivity contribution in [3.05, 3.63) is 72.9 Å². The average molecular weight is 720 g/mol. The van der Waals surface area contributed by atoms with E-state index in [0.717, 1.165) is 38.5 Å². The minimum atomic E-state index is -1.29. The van der Waals surface area contributed by atoms with Crippen LogP contribution < -0.4 is 28.7 Å². The number of hydrogen-bond donors (Lipinski definition) is 10. The summed E-state index contributed by atoms with van der Waals surface area (Å²) in [6.07, 6.45) is 31.9. The monoisotopic (exact) mass is 719 g/mol. The normalized spacial score (nSPS) is 11.3. The van der Waals surface area contributed by atoms with E-state index in [9.17, 15) is 14.4 Å². The van der Waals surface area contributed by atoms with Crippen molar-refractivity contribution in [2.45, 2.75) is 70.8 Å². The van der Waals surface area contributed by atoms with Crippen LogP contribution in [0.1, 0.15) is 64.7 Å². The van der Waals surface area contributed by atoms with E-state index in [1.54, 1.807) is 28.2 Å². The van der Waals surface area contributed by atoms with Crippen molar-refractivity contribution in [3.63, 3.8) is 0 Å². The van der Waals surface area contributed by atoms with Gasteiger partial charge in [0.2, 0.25) is 11.9 Å². The Hall–Kier alpha value is -5.71. The number of nitrogens with one attached hydrogen (secondary N) is 2.